The largest absolute Gasteiger partial charge is 0.378 e. The van der Waals surface area contributed by atoms with Crippen LogP contribution in [0.1, 0.15) is 29.2 Å². The number of halogens is 1. The van der Waals surface area contributed by atoms with E-state index in [4.69, 9.17) is 5.10 Å². The van der Waals surface area contributed by atoms with Crippen LogP contribution in [0.4, 0.5) is 5.69 Å². The third kappa shape index (κ3) is 4.94. The van der Waals surface area contributed by atoms with Gasteiger partial charge in [-0.2, -0.15) is 5.10 Å². The van der Waals surface area contributed by atoms with Gasteiger partial charge < -0.3 is 4.90 Å². The molecule has 0 N–H and O–H groups in total. The Morgan fingerprint density at radius 2 is 1.68 bits per heavy atom. The molecule has 1 atom stereocenters. The average Bonchev–Trinajstić information content (AvgIpc) is 3.24. The molecule has 1 amide bonds. The van der Waals surface area contributed by atoms with Gasteiger partial charge in [0, 0.05) is 36.8 Å². The lowest BCUT2D eigenvalue weighted by molar-refractivity contribution is -0.127. The molecule has 31 heavy (non-hydrogen) atoms. The van der Waals surface area contributed by atoms with Crippen molar-refractivity contribution < 1.29 is 4.79 Å². The van der Waals surface area contributed by atoms with Gasteiger partial charge in [-0.1, -0.05) is 70.5 Å². The van der Waals surface area contributed by atoms with E-state index in [1.54, 1.807) is 11.1 Å². The zero-order chi connectivity index (χ0) is 21.8. The number of carbonyl (C=O) groups is 1. The van der Waals surface area contributed by atoms with E-state index >= 15 is 0 Å². The minimum Gasteiger partial charge on any atom is -0.378 e. The number of anilines is 1. The Morgan fingerprint density at radius 1 is 1.00 bits per heavy atom. The first-order chi connectivity index (χ1) is 15.0. The van der Waals surface area contributed by atoms with Crippen molar-refractivity contribution in [3.05, 3.63) is 106 Å². The van der Waals surface area contributed by atoms with Crippen LogP contribution in [0.3, 0.4) is 0 Å². The van der Waals surface area contributed by atoms with Crippen molar-refractivity contribution in [1.82, 2.24) is 5.01 Å². The highest BCUT2D eigenvalue weighted by Crippen LogP contribution is 2.34. The molecule has 1 aliphatic heterocycles. The summed E-state index contributed by atoms with van der Waals surface area (Å²) in [7, 11) is 4.04. The third-order valence-electron chi connectivity index (χ3n) is 5.33. The van der Waals surface area contributed by atoms with E-state index in [9.17, 15) is 4.79 Å². The second-order valence-electron chi connectivity index (χ2n) is 7.69. The summed E-state index contributed by atoms with van der Waals surface area (Å²) in [5.74, 6) is -0.128. The Kier molecular flexibility index (Phi) is 6.33. The highest BCUT2D eigenvalue weighted by Gasteiger charge is 2.32. The molecule has 3 aromatic rings. The lowest BCUT2D eigenvalue weighted by Gasteiger charge is -2.20. The Labute approximate surface area is 191 Å². The minimum atomic E-state index is -0.135. The maximum atomic E-state index is 13.1. The monoisotopic (exact) mass is 473 g/mol. The summed E-state index contributed by atoms with van der Waals surface area (Å²) in [5, 5.41) is 6.36. The highest BCUT2D eigenvalue weighted by molar-refractivity contribution is 9.10. The number of amides is 1. The molecule has 1 aliphatic rings. The maximum absolute atomic E-state index is 13.1. The van der Waals surface area contributed by atoms with Crippen molar-refractivity contribution in [3.8, 4) is 0 Å². The van der Waals surface area contributed by atoms with E-state index in [0.717, 1.165) is 32.6 Å². The van der Waals surface area contributed by atoms with Gasteiger partial charge in [0.15, 0.2) is 0 Å². The predicted octanol–water partition coefficient (Wildman–Crippen LogP) is 5.91. The molecule has 156 valence electrons. The van der Waals surface area contributed by atoms with Crippen molar-refractivity contribution in [3.63, 3.8) is 0 Å². The SMILES string of the molecule is CN(C)c1ccc(C2=NN(C(=O)/C=C/c3ccccc3)C(c3ccc(Br)cc3)C2)cc1. The first kappa shape index (κ1) is 21.1. The lowest BCUT2D eigenvalue weighted by atomic mass is 9.98. The average molecular weight is 474 g/mol. The van der Waals surface area contributed by atoms with Gasteiger partial charge in [0.05, 0.1) is 11.8 Å². The smallest absolute Gasteiger partial charge is 0.267 e. The summed E-state index contributed by atoms with van der Waals surface area (Å²) in [6.07, 6.45) is 4.11. The highest BCUT2D eigenvalue weighted by atomic mass is 79.9. The zero-order valence-corrected chi connectivity index (χ0v) is 19.2. The standard InChI is InChI=1S/C26H24BrN3O/c1-29(2)23-15-11-20(12-16-23)24-18-25(21-9-13-22(27)14-10-21)30(28-24)26(31)17-8-19-6-4-3-5-7-19/h3-17,25H,18H2,1-2H3/b17-8+. The normalized spacial score (nSPS) is 15.9. The molecule has 0 bridgehead atoms. The van der Waals surface area contributed by atoms with Crippen LogP contribution in [-0.4, -0.2) is 30.7 Å². The van der Waals surface area contributed by atoms with Crippen LogP contribution in [0.25, 0.3) is 6.08 Å². The summed E-state index contributed by atoms with van der Waals surface area (Å²) in [5.41, 5.74) is 5.13. The third-order valence-corrected chi connectivity index (χ3v) is 5.85. The van der Waals surface area contributed by atoms with Crippen LogP contribution < -0.4 is 4.90 Å². The van der Waals surface area contributed by atoms with Gasteiger partial charge in [0.2, 0.25) is 0 Å². The summed E-state index contributed by atoms with van der Waals surface area (Å²) in [6, 6.07) is 26.1. The lowest BCUT2D eigenvalue weighted by Crippen LogP contribution is -2.25. The molecule has 0 saturated carbocycles. The second kappa shape index (κ2) is 9.31. The second-order valence-corrected chi connectivity index (χ2v) is 8.60. The fraction of sp³-hybridized carbons (Fsp3) is 0.154. The van der Waals surface area contributed by atoms with E-state index in [1.165, 1.54) is 0 Å². The number of hydrogen-bond donors (Lipinski definition) is 0. The van der Waals surface area contributed by atoms with E-state index < -0.39 is 0 Å². The molecule has 0 saturated heterocycles. The minimum absolute atomic E-state index is 0.128. The van der Waals surface area contributed by atoms with E-state index in [2.05, 4.69) is 45.1 Å². The van der Waals surface area contributed by atoms with Crippen LogP contribution in [0.2, 0.25) is 0 Å². The first-order valence-electron chi connectivity index (χ1n) is 10.2. The fourth-order valence-electron chi connectivity index (χ4n) is 3.59. The van der Waals surface area contributed by atoms with Crippen LogP contribution >= 0.6 is 15.9 Å². The van der Waals surface area contributed by atoms with Crippen molar-refractivity contribution in [1.29, 1.82) is 0 Å². The van der Waals surface area contributed by atoms with Crippen LogP contribution in [-0.2, 0) is 4.79 Å². The molecule has 3 aromatic carbocycles. The summed E-state index contributed by atoms with van der Waals surface area (Å²) in [6.45, 7) is 0. The molecule has 1 heterocycles. The molecule has 4 rings (SSSR count). The Balaban J connectivity index is 1.64. The van der Waals surface area contributed by atoms with Gasteiger partial charge in [-0.15, -0.1) is 0 Å². The van der Waals surface area contributed by atoms with Gasteiger partial charge in [-0.05, 0) is 47.0 Å². The number of nitrogens with zero attached hydrogens (tertiary/aromatic N) is 3. The quantitative estimate of drug-likeness (QED) is 0.432. The van der Waals surface area contributed by atoms with Crippen molar-refractivity contribution in [2.75, 3.05) is 19.0 Å². The van der Waals surface area contributed by atoms with Gasteiger partial charge >= 0.3 is 0 Å². The first-order valence-corrected chi connectivity index (χ1v) is 11.0. The molecular formula is C26H24BrN3O. The molecular weight excluding hydrogens is 450 g/mol. The molecule has 0 spiro atoms. The number of carbonyl (C=O) groups excluding carboxylic acids is 1. The molecule has 1 unspecified atom stereocenters. The van der Waals surface area contributed by atoms with Gasteiger partial charge in [0.1, 0.15) is 0 Å². The van der Waals surface area contributed by atoms with Gasteiger partial charge in [-0.25, -0.2) is 5.01 Å². The Morgan fingerprint density at radius 3 is 2.32 bits per heavy atom. The molecule has 0 aromatic heterocycles. The summed E-state index contributed by atoms with van der Waals surface area (Å²) in [4.78, 5) is 15.2. The summed E-state index contributed by atoms with van der Waals surface area (Å²) < 4.78 is 1.01. The number of hydrazone groups is 1. The fourth-order valence-corrected chi connectivity index (χ4v) is 3.86. The Bertz CT molecular complexity index is 1100. The summed E-state index contributed by atoms with van der Waals surface area (Å²) >= 11 is 3.49. The van der Waals surface area contributed by atoms with Gasteiger partial charge in [0.25, 0.3) is 5.91 Å². The molecule has 0 fully saturated rings. The van der Waals surface area contributed by atoms with Crippen LogP contribution in [0, 0.1) is 0 Å². The molecule has 5 heteroatoms. The number of benzene rings is 3. The number of rotatable bonds is 5. The molecule has 0 aliphatic carbocycles. The van der Waals surface area contributed by atoms with Crippen molar-refractivity contribution >= 4 is 39.3 Å². The molecule has 4 nitrogen and oxygen atoms in total. The zero-order valence-electron chi connectivity index (χ0n) is 17.6. The Hall–Kier alpha value is -3.18. The van der Waals surface area contributed by atoms with E-state index in [0.29, 0.717) is 6.42 Å². The molecule has 0 radical (unpaired) electrons. The predicted molar refractivity (Wildman–Crippen MR) is 131 cm³/mol. The van der Waals surface area contributed by atoms with Crippen molar-refractivity contribution in [2.24, 2.45) is 5.10 Å². The van der Waals surface area contributed by atoms with E-state index in [1.807, 2.05) is 74.8 Å². The van der Waals surface area contributed by atoms with Crippen LogP contribution in [0.5, 0.6) is 0 Å². The van der Waals surface area contributed by atoms with Crippen LogP contribution in [0.15, 0.2) is 94.5 Å². The maximum Gasteiger partial charge on any atom is 0.267 e. The van der Waals surface area contributed by atoms with E-state index in [-0.39, 0.29) is 11.9 Å². The van der Waals surface area contributed by atoms with Crippen molar-refractivity contribution in [2.45, 2.75) is 12.5 Å². The topological polar surface area (TPSA) is 35.9 Å². The van der Waals surface area contributed by atoms with Gasteiger partial charge in [-0.3, -0.25) is 4.79 Å². The number of hydrogen-bond acceptors (Lipinski definition) is 3.